The van der Waals surface area contributed by atoms with E-state index in [4.69, 9.17) is 0 Å². The third-order valence-corrected chi connectivity index (χ3v) is 8.53. The topological polar surface area (TPSA) is 124 Å². The summed E-state index contributed by atoms with van der Waals surface area (Å²) in [5.41, 5.74) is 0.939. The first-order valence-electron chi connectivity index (χ1n) is 12.0. The van der Waals surface area contributed by atoms with Crippen LogP contribution < -0.4 is 4.72 Å². The van der Waals surface area contributed by atoms with Crippen LogP contribution in [0.1, 0.15) is 51.5 Å². The van der Waals surface area contributed by atoms with E-state index in [1.54, 1.807) is 17.0 Å². The Balaban J connectivity index is 1.66. The molecule has 10 heteroatoms. The number of hydrogen-bond acceptors (Lipinski definition) is 5. The summed E-state index contributed by atoms with van der Waals surface area (Å²) >= 11 is 0. The van der Waals surface area contributed by atoms with Crippen molar-refractivity contribution in [3.8, 4) is 0 Å². The lowest BCUT2D eigenvalue weighted by atomic mass is 9.93. The van der Waals surface area contributed by atoms with Crippen molar-refractivity contribution < 1.29 is 27.9 Å². The van der Waals surface area contributed by atoms with E-state index in [1.165, 1.54) is 17.0 Å². The van der Waals surface area contributed by atoms with Crippen molar-refractivity contribution in [2.45, 2.75) is 69.9 Å². The zero-order chi connectivity index (χ0) is 25.0. The van der Waals surface area contributed by atoms with Gasteiger partial charge in [0.15, 0.2) is 0 Å². The van der Waals surface area contributed by atoms with Crippen molar-refractivity contribution >= 4 is 27.8 Å². The first kappa shape index (κ1) is 26.2. The normalized spacial score (nSPS) is 21.3. The second-order valence-electron chi connectivity index (χ2n) is 9.42. The van der Waals surface area contributed by atoms with E-state index in [1.807, 2.05) is 20.8 Å². The number of benzene rings is 1. The molecule has 9 nitrogen and oxygen atoms in total. The minimum atomic E-state index is -3.88. The van der Waals surface area contributed by atoms with Gasteiger partial charge >= 0.3 is 5.97 Å². The van der Waals surface area contributed by atoms with Crippen molar-refractivity contribution in [2.75, 3.05) is 19.6 Å². The lowest BCUT2D eigenvalue weighted by Gasteiger charge is -2.36. The molecule has 0 aliphatic carbocycles. The number of nitrogens with zero attached hydrogens (tertiary/aromatic N) is 2. The molecule has 0 saturated carbocycles. The van der Waals surface area contributed by atoms with Gasteiger partial charge in [0.2, 0.25) is 21.8 Å². The molecule has 2 saturated heterocycles. The van der Waals surface area contributed by atoms with E-state index in [-0.39, 0.29) is 28.5 Å². The summed E-state index contributed by atoms with van der Waals surface area (Å²) in [4.78, 5) is 40.9. The molecule has 2 aliphatic heterocycles. The minimum absolute atomic E-state index is 0.113. The highest BCUT2D eigenvalue weighted by Crippen LogP contribution is 2.26. The van der Waals surface area contributed by atoms with E-state index in [2.05, 4.69) is 4.72 Å². The Kier molecular flexibility index (Phi) is 8.35. The van der Waals surface area contributed by atoms with Crippen LogP contribution in [0.5, 0.6) is 0 Å². The van der Waals surface area contributed by atoms with Gasteiger partial charge in [-0.2, -0.15) is 4.72 Å². The Labute approximate surface area is 201 Å². The summed E-state index contributed by atoms with van der Waals surface area (Å²) in [6, 6.07) is 4.81. The van der Waals surface area contributed by atoms with Crippen LogP contribution in [0, 0.1) is 18.8 Å². The van der Waals surface area contributed by atoms with Crippen LogP contribution >= 0.6 is 0 Å². The van der Waals surface area contributed by atoms with Gasteiger partial charge in [-0.15, -0.1) is 0 Å². The van der Waals surface area contributed by atoms with Crippen LogP contribution in [-0.4, -0.2) is 72.8 Å². The van der Waals surface area contributed by atoms with Crippen molar-refractivity contribution in [1.82, 2.24) is 14.5 Å². The lowest BCUT2D eigenvalue weighted by molar-refractivity contribution is -0.151. The minimum Gasteiger partial charge on any atom is -0.480 e. The Bertz CT molecular complexity index is 1000. The van der Waals surface area contributed by atoms with Gasteiger partial charge in [0.1, 0.15) is 12.1 Å². The second-order valence-corrected chi connectivity index (χ2v) is 11.1. The fraction of sp³-hybridized carbons (Fsp3) is 0.625. The smallest absolute Gasteiger partial charge is 0.326 e. The predicted octanol–water partition coefficient (Wildman–Crippen LogP) is 2.00. The Morgan fingerprint density at radius 3 is 2.26 bits per heavy atom. The molecule has 1 aromatic carbocycles. The molecule has 3 rings (SSSR count). The van der Waals surface area contributed by atoms with Gasteiger partial charge < -0.3 is 14.9 Å². The SMILES string of the molecule is CCC(C)C(NS(=O)(=O)c1ccc(C)cc1)C(=O)N1CCC(C(=O)N2CCCC2C(=O)O)CC1. The van der Waals surface area contributed by atoms with Crippen LogP contribution in [0.15, 0.2) is 29.2 Å². The number of aryl methyl sites for hydroxylation is 1. The molecule has 1 aromatic rings. The molecule has 0 aromatic heterocycles. The van der Waals surface area contributed by atoms with Gasteiger partial charge in [-0.1, -0.05) is 38.0 Å². The average Bonchev–Trinajstić information content (AvgIpc) is 3.32. The number of carboxylic acids is 1. The fourth-order valence-electron chi connectivity index (χ4n) is 4.66. The maximum absolute atomic E-state index is 13.4. The molecule has 3 unspecified atom stereocenters. The van der Waals surface area contributed by atoms with E-state index in [0.29, 0.717) is 51.7 Å². The molecule has 2 fully saturated rings. The largest absolute Gasteiger partial charge is 0.480 e. The molecule has 0 spiro atoms. The molecule has 3 atom stereocenters. The number of hydrogen-bond donors (Lipinski definition) is 2. The number of carbonyl (C=O) groups is 3. The Morgan fingerprint density at radius 2 is 1.71 bits per heavy atom. The van der Waals surface area contributed by atoms with E-state index in [0.717, 1.165) is 5.56 Å². The molecule has 34 heavy (non-hydrogen) atoms. The summed E-state index contributed by atoms with van der Waals surface area (Å²) < 4.78 is 28.5. The first-order valence-corrected chi connectivity index (χ1v) is 13.4. The highest BCUT2D eigenvalue weighted by atomic mass is 32.2. The number of aliphatic carboxylic acids is 1. The number of amides is 2. The van der Waals surface area contributed by atoms with Crippen molar-refractivity contribution in [1.29, 1.82) is 0 Å². The standard InChI is InChI=1S/C24H35N3O6S/c1-4-17(3)21(25-34(32,33)19-9-7-16(2)8-10-19)23(29)26-14-11-18(12-15-26)22(28)27-13-5-6-20(27)24(30)31/h7-10,17-18,20-21,25H,4-6,11-15H2,1-3H3,(H,30,31). The molecule has 2 N–H and O–H groups in total. The maximum Gasteiger partial charge on any atom is 0.326 e. The molecular weight excluding hydrogens is 458 g/mol. The number of carboxylic acid groups (broad SMARTS) is 1. The fourth-order valence-corrected chi connectivity index (χ4v) is 5.96. The van der Waals surface area contributed by atoms with Crippen molar-refractivity contribution in [2.24, 2.45) is 11.8 Å². The van der Waals surface area contributed by atoms with Crippen LogP contribution in [0.4, 0.5) is 0 Å². The number of sulfonamides is 1. The average molecular weight is 494 g/mol. The molecule has 0 bridgehead atoms. The molecule has 188 valence electrons. The summed E-state index contributed by atoms with van der Waals surface area (Å²) in [6.45, 7) is 6.74. The van der Waals surface area contributed by atoms with Gasteiger partial charge in [0.25, 0.3) is 0 Å². The predicted molar refractivity (Wildman–Crippen MR) is 126 cm³/mol. The van der Waals surface area contributed by atoms with E-state index in [9.17, 15) is 27.9 Å². The van der Waals surface area contributed by atoms with Crippen LogP contribution in [-0.2, 0) is 24.4 Å². The number of rotatable bonds is 8. The van der Waals surface area contributed by atoms with E-state index < -0.39 is 28.1 Å². The van der Waals surface area contributed by atoms with Crippen molar-refractivity contribution in [3.63, 3.8) is 0 Å². The Morgan fingerprint density at radius 1 is 1.09 bits per heavy atom. The molecule has 0 radical (unpaired) electrons. The number of nitrogens with one attached hydrogen (secondary N) is 1. The number of piperidine rings is 1. The zero-order valence-corrected chi connectivity index (χ0v) is 20.9. The van der Waals surface area contributed by atoms with Crippen LogP contribution in [0.2, 0.25) is 0 Å². The number of likely N-dealkylation sites (tertiary alicyclic amines) is 2. The number of carbonyl (C=O) groups excluding carboxylic acids is 2. The summed E-state index contributed by atoms with van der Waals surface area (Å²) in [7, 11) is -3.88. The summed E-state index contributed by atoms with van der Waals surface area (Å²) in [5, 5.41) is 9.37. The zero-order valence-electron chi connectivity index (χ0n) is 20.1. The third-order valence-electron chi connectivity index (χ3n) is 7.07. The quantitative estimate of drug-likeness (QED) is 0.571. The molecular formula is C24H35N3O6S. The van der Waals surface area contributed by atoms with E-state index >= 15 is 0 Å². The van der Waals surface area contributed by atoms with Gasteiger partial charge in [-0.05, 0) is 50.7 Å². The van der Waals surface area contributed by atoms with Gasteiger partial charge in [-0.3, -0.25) is 9.59 Å². The molecule has 2 aliphatic rings. The lowest BCUT2D eigenvalue weighted by Crippen LogP contribution is -2.54. The first-order chi connectivity index (χ1) is 16.0. The molecule has 2 heterocycles. The highest BCUT2D eigenvalue weighted by Gasteiger charge is 2.40. The summed E-state index contributed by atoms with van der Waals surface area (Å²) in [5.74, 6) is -1.96. The van der Waals surface area contributed by atoms with Crippen LogP contribution in [0.25, 0.3) is 0 Å². The Hall–Kier alpha value is -2.46. The van der Waals surface area contributed by atoms with Crippen LogP contribution in [0.3, 0.4) is 0 Å². The highest BCUT2D eigenvalue weighted by molar-refractivity contribution is 7.89. The monoisotopic (exact) mass is 493 g/mol. The second kappa shape index (κ2) is 10.9. The van der Waals surface area contributed by atoms with Gasteiger partial charge in [0, 0.05) is 25.6 Å². The maximum atomic E-state index is 13.4. The molecule has 2 amide bonds. The van der Waals surface area contributed by atoms with Crippen molar-refractivity contribution in [3.05, 3.63) is 29.8 Å². The van der Waals surface area contributed by atoms with Gasteiger partial charge in [0.05, 0.1) is 4.90 Å². The third kappa shape index (κ3) is 5.78. The summed E-state index contributed by atoms with van der Waals surface area (Å²) in [6.07, 6.45) is 2.64. The van der Waals surface area contributed by atoms with Gasteiger partial charge in [-0.25, -0.2) is 13.2 Å².